The van der Waals surface area contributed by atoms with Crippen LogP contribution in [0.3, 0.4) is 0 Å². The van der Waals surface area contributed by atoms with Gasteiger partial charge in [0.1, 0.15) is 6.10 Å². The molecule has 2 atom stereocenters. The molecule has 25 heavy (non-hydrogen) atoms. The first-order valence-electron chi connectivity index (χ1n) is 8.20. The number of rotatable bonds is 6. The van der Waals surface area contributed by atoms with Gasteiger partial charge in [0.05, 0.1) is 19.6 Å². The quantitative estimate of drug-likeness (QED) is 0.599. The van der Waals surface area contributed by atoms with Gasteiger partial charge in [-0.2, -0.15) is 0 Å². The van der Waals surface area contributed by atoms with E-state index in [1.807, 2.05) is 12.1 Å². The molecule has 0 spiro atoms. The molecule has 1 aliphatic heterocycles. The number of ether oxygens (including phenoxy) is 2. The van der Waals surface area contributed by atoms with Crippen LogP contribution in [0.2, 0.25) is 0 Å². The summed E-state index contributed by atoms with van der Waals surface area (Å²) in [6, 6.07) is 8.34. The zero-order valence-electron chi connectivity index (χ0n) is 14.0. The highest BCUT2D eigenvalue weighted by molar-refractivity contribution is 5.55. The van der Waals surface area contributed by atoms with Crippen LogP contribution in [0.1, 0.15) is 35.1 Å². The number of hydrogen-bond acceptors (Lipinski definition) is 6. The number of aromatic hydroxyl groups is 2. The van der Waals surface area contributed by atoms with Crippen molar-refractivity contribution in [1.29, 1.82) is 0 Å². The Balaban J connectivity index is 2.00. The molecule has 0 aromatic heterocycles. The fourth-order valence-electron chi connectivity index (χ4n) is 3.25. The van der Waals surface area contributed by atoms with E-state index in [1.165, 1.54) is 12.1 Å². The molecule has 6 heteroatoms. The van der Waals surface area contributed by atoms with Crippen LogP contribution in [0.4, 0.5) is 0 Å². The SMILES string of the molecule is COc1cc(CCCO)cc2c1O[C@@H](c1ccc(O)c(O)c1)[C@@H]2CO. The summed E-state index contributed by atoms with van der Waals surface area (Å²) in [5.74, 6) is 0.399. The molecule has 0 radical (unpaired) electrons. The van der Waals surface area contributed by atoms with Gasteiger partial charge in [-0.3, -0.25) is 0 Å². The molecule has 4 N–H and O–H groups in total. The lowest BCUT2D eigenvalue weighted by molar-refractivity contribution is 0.157. The average Bonchev–Trinajstić information content (AvgIpc) is 3.00. The third-order valence-corrected chi connectivity index (χ3v) is 4.52. The summed E-state index contributed by atoms with van der Waals surface area (Å²) in [5, 5.41) is 38.2. The van der Waals surface area contributed by atoms with Gasteiger partial charge in [0.25, 0.3) is 0 Å². The van der Waals surface area contributed by atoms with Crippen molar-refractivity contribution >= 4 is 0 Å². The highest BCUT2D eigenvalue weighted by Crippen LogP contribution is 2.51. The standard InChI is InChI=1S/C19H22O6/c1-24-17-8-11(3-2-6-20)7-13-14(10-21)18(25-19(13)17)12-4-5-15(22)16(23)9-12/h4-5,7-9,14,18,20-23H,2-3,6,10H2,1H3/t14-,18+/m1/s1. The summed E-state index contributed by atoms with van der Waals surface area (Å²) in [4.78, 5) is 0. The molecule has 6 nitrogen and oxygen atoms in total. The first kappa shape index (κ1) is 17.4. The maximum atomic E-state index is 9.93. The molecule has 0 unspecified atom stereocenters. The fourth-order valence-corrected chi connectivity index (χ4v) is 3.25. The number of hydrogen-bond donors (Lipinski definition) is 4. The van der Waals surface area contributed by atoms with Gasteiger partial charge in [0.15, 0.2) is 23.0 Å². The molecule has 3 rings (SSSR count). The molecule has 1 heterocycles. The van der Waals surface area contributed by atoms with Crippen molar-refractivity contribution in [3.05, 3.63) is 47.0 Å². The Bertz CT molecular complexity index is 758. The van der Waals surface area contributed by atoms with E-state index in [1.54, 1.807) is 13.2 Å². The minimum atomic E-state index is -0.492. The normalized spacial score (nSPS) is 18.7. The van der Waals surface area contributed by atoms with Gasteiger partial charge in [-0.1, -0.05) is 12.1 Å². The first-order chi connectivity index (χ1) is 12.1. The van der Waals surface area contributed by atoms with Gasteiger partial charge in [0.2, 0.25) is 0 Å². The number of phenols is 2. The number of phenolic OH excluding ortho intramolecular Hbond substituents is 2. The van der Waals surface area contributed by atoms with Crippen LogP contribution in [-0.2, 0) is 6.42 Å². The molecule has 2 aromatic carbocycles. The molecule has 2 aromatic rings. The van der Waals surface area contributed by atoms with Crippen molar-refractivity contribution < 1.29 is 29.9 Å². The zero-order valence-corrected chi connectivity index (χ0v) is 14.0. The number of fused-ring (bicyclic) bond motifs is 1. The van der Waals surface area contributed by atoms with Crippen molar-refractivity contribution in [3.63, 3.8) is 0 Å². The second-order valence-corrected chi connectivity index (χ2v) is 6.12. The maximum absolute atomic E-state index is 9.93. The zero-order chi connectivity index (χ0) is 18.0. The van der Waals surface area contributed by atoms with Crippen LogP contribution in [0.15, 0.2) is 30.3 Å². The van der Waals surface area contributed by atoms with Gasteiger partial charge < -0.3 is 29.9 Å². The van der Waals surface area contributed by atoms with Crippen molar-refractivity contribution in [2.75, 3.05) is 20.3 Å². The van der Waals surface area contributed by atoms with E-state index >= 15 is 0 Å². The van der Waals surface area contributed by atoms with Gasteiger partial charge in [-0.05, 0) is 42.2 Å². The van der Waals surface area contributed by atoms with E-state index in [9.17, 15) is 15.3 Å². The van der Waals surface area contributed by atoms with Crippen molar-refractivity contribution in [3.8, 4) is 23.0 Å². The minimum Gasteiger partial charge on any atom is -0.504 e. The predicted molar refractivity (Wildman–Crippen MR) is 91.4 cm³/mol. The highest BCUT2D eigenvalue weighted by atomic mass is 16.5. The minimum absolute atomic E-state index is 0.106. The van der Waals surface area contributed by atoms with E-state index in [0.717, 1.165) is 11.1 Å². The van der Waals surface area contributed by atoms with Crippen LogP contribution >= 0.6 is 0 Å². The molecule has 134 valence electrons. The Kier molecular flexibility index (Phi) is 5.01. The van der Waals surface area contributed by atoms with E-state index in [2.05, 4.69) is 0 Å². The Labute approximate surface area is 145 Å². The summed E-state index contributed by atoms with van der Waals surface area (Å²) >= 11 is 0. The van der Waals surface area contributed by atoms with Gasteiger partial charge in [-0.15, -0.1) is 0 Å². The molecule has 0 saturated heterocycles. The molecule has 0 aliphatic carbocycles. The number of methoxy groups -OCH3 is 1. The lowest BCUT2D eigenvalue weighted by Crippen LogP contribution is -2.13. The summed E-state index contributed by atoms with van der Waals surface area (Å²) in [7, 11) is 1.56. The number of aliphatic hydroxyl groups excluding tert-OH is 2. The lowest BCUT2D eigenvalue weighted by atomic mass is 9.90. The van der Waals surface area contributed by atoms with Crippen LogP contribution < -0.4 is 9.47 Å². The smallest absolute Gasteiger partial charge is 0.165 e. The topological polar surface area (TPSA) is 99.4 Å². The average molecular weight is 346 g/mol. The predicted octanol–water partition coefficient (Wildman–Crippen LogP) is 2.24. The van der Waals surface area contributed by atoms with Gasteiger partial charge in [0, 0.05) is 12.2 Å². The molecule has 0 amide bonds. The van der Waals surface area contributed by atoms with E-state index in [4.69, 9.17) is 14.6 Å². The molecule has 0 saturated carbocycles. The van der Waals surface area contributed by atoms with Crippen LogP contribution in [-0.4, -0.2) is 40.7 Å². The lowest BCUT2D eigenvalue weighted by Gasteiger charge is -2.18. The van der Waals surface area contributed by atoms with E-state index in [0.29, 0.717) is 29.9 Å². The summed E-state index contributed by atoms with van der Waals surface area (Å²) in [6.45, 7) is -0.0271. The third kappa shape index (κ3) is 3.23. The largest absolute Gasteiger partial charge is 0.504 e. The second kappa shape index (κ2) is 7.21. The number of benzene rings is 2. The molecular weight excluding hydrogens is 324 g/mol. The summed E-state index contributed by atoms with van der Waals surface area (Å²) in [5.41, 5.74) is 2.50. The molecule has 1 aliphatic rings. The molecular formula is C19H22O6. The Morgan fingerprint density at radius 1 is 1.08 bits per heavy atom. The Hall–Kier alpha value is -2.44. The Morgan fingerprint density at radius 3 is 2.52 bits per heavy atom. The first-order valence-corrected chi connectivity index (χ1v) is 8.20. The molecule has 0 bridgehead atoms. The van der Waals surface area contributed by atoms with Crippen LogP contribution in [0, 0.1) is 0 Å². The van der Waals surface area contributed by atoms with E-state index in [-0.39, 0.29) is 30.6 Å². The molecule has 0 fully saturated rings. The third-order valence-electron chi connectivity index (χ3n) is 4.52. The number of aliphatic hydroxyl groups is 2. The number of aryl methyl sites for hydroxylation is 1. The van der Waals surface area contributed by atoms with Gasteiger partial charge >= 0.3 is 0 Å². The second-order valence-electron chi connectivity index (χ2n) is 6.12. The van der Waals surface area contributed by atoms with Crippen molar-refractivity contribution in [1.82, 2.24) is 0 Å². The van der Waals surface area contributed by atoms with Crippen molar-refractivity contribution in [2.24, 2.45) is 0 Å². The van der Waals surface area contributed by atoms with Crippen LogP contribution in [0.5, 0.6) is 23.0 Å². The van der Waals surface area contributed by atoms with Crippen LogP contribution in [0.25, 0.3) is 0 Å². The summed E-state index contributed by atoms with van der Waals surface area (Å²) < 4.78 is 11.5. The monoisotopic (exact) mass is 346 g/mol. The highest BCUT2D eigenvalue weighted by Gasteiger charge is 2.37. The van der Waals surface area contributed by atoms with E-state index < -0.39 is 6.10 Å². The fraction of sp³-hybridized carbons (Fsp3) is 0.368. The maximum Gasteiger partial charge on any atom is 0.165 e. The summed E-state index contributed by atoms with van der Waals surface area (Å²) in [6.07, 6.45) is 0.846. The van der Waals surface area contributed by atoms with Crippen molar-refractivity contribution in [2.45, 2.75) is 24.9 Å². The van der Waals surface area contributed by atoms with Gasteiger partial charge in [-0.25, -0.2) is 0 Å². The Morgan fingerprint density at radius 2 is 1.88 bits per heavy atom.